The van der Waals surface area contributed by atoms with Gasteiger partial charge in [0.15, 0.2) is 0 Å². The average Bonchev–Trinajstić information content (AvgIpc) is 2.67. The number of ether oxygens (including phenoxy) is 1. The molecule has 0 radical (unpaired) electrons. The van der Waals surface area contributed by atoms with Crippen LogP contribution >= 0.6 is 0 Å². The lowest BCUT2D eigenvalue weighted by Crippen LogP contribution is -2.45. The molecule has 2 atom stereocenters. The molecule has 0 aliphatic carbocycles. The van der Waals surface area contributed by atoms with Crippen molar-refractivity contribution in [2.24, 2.45) is 5.92 Å². The molecule has 0 bridgehead atoms. The van der Waals surface area contributed by atoms with E-state index in [9.17, 15) is 4.79 Å². The standard InChI is InChI=1S/C23H37NO2/c1-3-4-5-6-7-8-10-13-21-17-16-20(2)24(18-21)23(25)26-19-22-14-11-9-12-15-22/h9,11-12,14-15,20-21H,3-8,10,13,16-19H2,1-2H3. The van der Waals surface area contributed by atoms with Gasteiger partial charge in [0, 0.05) is 12.6 Å². The number of rotatable bonds is 10. The highest BCUT2D eigenvalue weighted by atomic mass is 16.6. The van der Waals surface area contributed by atoms with Gasteiger partial charge in [-0.2, -0.15) is 0 Å². The van der Waals surface area contributed by atoms with E-state index >= 15 is 0 Å². The highest BCUT2D eigenvalue weighted by Gasteiger charge is 2.29. The summed E-state index contributed by atoms with van der Waals surface area (Å²) in [6.45, 7) is 5.64. The number of carbonyl (C=O) groups excluding carboxylic acids is 1. The minimum Gasteiger partial charge on any atom is -0.445 e. The van der Waals surface area contributed by atoms with Crippen LogP contribution in [-0.4, -0.2) is 23.6 Å². The molecule has 2 rings (SSSR count). The van der Waals surface area contributed by atoms with Crippen molar-refractivity contribution in [2.45, 2.75) is 90.7 Å². The monoisotopic (exact) mass is 359 g/mol. The van der Waals surface area contributed by atoms with Crippen LogP contribution in [-0.2, 0) is 11.3 Å². The molecule has 0 aromatic heterocycles. The third-order valence-corrected chi connectivity index (χ3v) is 5.64. The number of nitrogens with zero attached hydrogens (tertiary/aromatic N) is 1. The molecule has 146 valence electrons. The second kappa shape index (κ2) is 12.0. The molecule has 0 spiro atoms. The summed E-state index contributed by atoms with van der Waals surface area (Å²) in [5.41, 5.74) is 1.05. The molecule has 1 amide bonds. The van der Waals surface area contributed by atoms with Crippen LogP contribution in [0.25, 0.3) is 0 Å². The van der Waals surface area contributed by atoms with Gasteiger partial charge >= 0.3 is 6.09 Å². The summed E-state index contributed by atoms with van der Waals surface area (Å²) in [7, 11) is 0. The lowest BCUT2D eigenvalue weighted by atomic mass is 9.89. The Morgan fingerprint density at radius 3 is 2.46 bits per heavy atom. The molecule has 1 aliphatic heterocycles. The summed E-state index contributed by atoms with van der Waals surface area (Å²) < 4.78 is 5.55. The molecule has 1 heterocycles. The van der Waals surface area contributed by atoms with Crippen molar-refractivity contribution in [3.63, 3.8) is 0 Å². The highest BCUT2D eigenvalue weighted by Crippen LogP contribution is 2.27. The van der Waals surface area contributed by atoms with E-state index in [1.54, 1.807) is 0 Å². The van der Waals surface area contributed by atoms with Gasteiger partial charge in [0.1, 0.15) is 6.61 Å². The number of carbonyl (C=O) groups is 1. The largest absolute Gasteiger partial charge is 0.445 e. The highest BCUT2D eigenvalue weighted by molar-refractivity contribution is 5.68. The first-order valence-corrected chi connectivity index (χ1v) is 10.7. The van der Waals surface area contributed by atoms with E-state index in [1.165, 1.54) is 57.8 Å². The van der Waals surface area contributed by atoms with E-state index in [2.05, 4.69) is 13.8 Å². The van der Waals surface area contributed by atoms with Crippen LogP contribution in [0.3, 0.4) is 0 Å². The first kappa shape index (κ1) is 20.8. The Bertz CT molecular complexity index is 502. The van der Waals surface area contributed by atoms with E-state index in [0.717, 1.165) is 18.5 Å². The van der Waals surface area contributed by atoms with E-state index in [-0.39, 0.29) is 6.09 Å². The van der Waals surface area contributed by atoms with Crippen LogP contribution in [0.5, 0.6) is 0 Å². The zero-order valence-corrected chi connectivity index (χ0v) is 16.8. The summed E-state index contributed by atoms with van der Waals surface area (Å²) in [5.74, 6) is 0.645. The SMILES string of the molecule is CCCCCCCCCC1CCC(C)N(C(=O)OCc2ccccc2)C1. The maximum atomic E-state index is 12.5. The number of hydrogen-bond donors (Lipinski definition) is 0. The quantitative estimate of drug-likeness (QED) is 0.442. The van der Waals surface area contributed by atoms with Crippen molar-refractivity contribution in [1.82, 2.24) is 4.90 Å². The summed E-state index contributed by atoms with van der Waals surface area (Å²) >= 11 is 0. The second-order valence-electron chi connectivity index (χ2n) is 7.89. The zero-order valence-electron chi connectivity index (χ0n) is 16.8. The van der Waals surface area contributed by atoms with Crippen LogP contribution in [0.4, 0.5) is 4.79 Å². The van der Waals surface area contributed by atoms with Crippen LogP contribution < -0.4 is 0 Å². The fourth-order valence-corrected chi connectivity index (χ4v) is 3.86. The van der Waals surface area contributed by atoms with Crippen LogP contribution in [0, 0.1) is 5.92 Å². The van der Waals surface area contributed by atoms with Gasteiger partial charge in [-0.05, 0) is 37.7 Å². The molecule has 3 nitrogen and oxygen atoms in total. The predicted octanol–water partition coefficient (Wildman–Crippen LogP) is 6.56. The molecule has 1 aliphatic rings. The average molecular weight is 360 g/mol. The lowest BCUT2D eigenvalue weighted by molar-refractivity contribution is 0.0572. The third kappa shape index (κ3) is 7.39. The Kier molecular flexibility index (Phi) is 9.58. The lowest BCUT2D eigenvalue weighted by Gasteiger charge is -2.37. The van der Waals surface area contributed by atoms with Crippen molar-refractivity contribution in [3.05, 3.63) is 35.9 Å². The fraction of sp³-hybridized carbons (Fsp3) is 0.696. The van der Waals surface area contributed by atoms with Gasteiger partial charge in [-0.3, -0.25) is 0 Å². The zero-order chi connectivity index (χ0) is 18.6. The van der Waals surface area contributed by atoms with Gasteiger partial charge in [-0.25, -0.2) is 4.79 Å². The minimum atomic E-state index is -0.148. The maximum absolute atomic E-state index is 12.5. The Labute approximate surface area is 160 Å². The number of benzene rings is 1. The molecule has 1 aromatic carbocycles. The van der Waals surface area contributed by atoms with E-state index in [4.69, 9.17) is 4.74 Å². The summed E-state index contributed by atoms with van der Waals surface area (Å²) in [6.07, 6.45) is 12.9. The molecule has 26 heavy (non-hydrogen) atoms. The maximum Gasteiger partial charge on any atom is 0.410 e. The van der Waals surface area contributed by atoms with E-state index < -0.39 is 0 Å². The molecule has 0 N–H and O–H groups in total. The first-order valence-electron chi connectivity index (χ1n) is 10.7. The number of unbranched alkanes of at least 4 members (excludes halogenated alkanes) is 6. The van der Waals surface area contributed by atoms with Gasteiger partial charge in [0.05, 0.1) is 0 Å². The van der Waals surface area contributed by atoms with Gasteiger partial charge < -0.3 is 9.64 Å². The molecular weight excluding hydrogens is 322 g/mol. The molecule has 1 saturated heterocycles. The fourth-order valence-electron chi connectivity index (χ4n) is 3.86. The predicted molar refractivity (Wildman–Crippen MR) is 108 cm³/mol. The molecular formula is C23H37NO2. The van der Waals surface area contributed by atoms with Gasteiger partial charge in [-0.15, -0.1) is 0 Å². The van der Waals surface area contributed by atoms with E-state index in [0.29, 0.717) is 18.6 Å². The third-order valence-electron chi connectivity index (χ3n) is 5.64. The summed E-state index contributed by atoms with van der Waals surface area (Å²) in [5, 5.41) is 0. The van der Waals surface area contributed by atoms with Crippen LogP contribution in [0.1, 0.15) is 83.6 Å². The number of hydrogen-bond acceptors (Lipinski definition) is 2. The Balaban J connectivity index is 1.67. The molecule has 1 aromatic rings. The molecule has 3 heteroatoms. The van der Waals surface area contributed by atoms with Gasteiger partial charge in [0.2, 0.25) is 0 Å². The van der Waals surface area contributed by atoms with Gasteiger partial charge in [-0.1, -0.05) is 82.2 Å². The van der Waals surface area contributed by atoms with Crippen molar-refractivity contribution in [3.8, 4) is 0 Å². The van der Waals surface area contributed by atoms with Gasteiger partial charge in [0.25, 0.3) is 0 Å². The second-order valence-corrected chi connectivity index (χ2v) is 7.89. The smallest absolute Gasteiger partial charge is 0.410 e. The number of likely N-dealkylation sites (tertiary alicyclic amines) is 1. The minimum absolute atomic E-state index is 0.148. The Morgan fingerprint density at radius 1 is 1.04 bits per heavy atom. The molecule has 1 fully saturated rings. The first-order chi connectivity index (χ1) is 12.7. The van der Waals surface area contributed by atoms with Crippen molar-refractivity contribution in [1.29, 1.82) is 0 Å². The topological polar surface area (TPSA) is 29.5 Å². The molecule has 2 unspecified atom stereocenters. The van der Waals surface area contributed by atoms with E-state index in [1.807, 2.05) is 35.2 Å². The van der Waals surface area contributed by atoms with Crippen molar-refractivity contribution >= 4 is 6.09 Å². The van der Waals surface area contributed by atoms with Crippen molar-refractivity contribution < 1.29 is 9.53 Å². The normalized spacial score (nSPS) is 20.2. The molecule has 0 saturated carbocycles. The van der Waals surface area contributed by atoms with Crippen LogP contribution in [0.15, 0.2) is 30.3 Å². The Hall–Kier alpha value is -1.51. The summed E-state index contributed by atoms with van der Waals surface area (Å²) in [6, 6.07) is 10.2. The number of piperidine rings is 1. The number of amides is 1. The Morgan fingerprint density at radius 2 is 1.73 bits per heavy atom. The summed E-state index contributed by atoms with van der Waals surface area (Å²) in [4.78, 5) is 14.5. The van der Waals surface area contributed by atoms with Crippen molar-refractivity contribution in [2.75, 3.05) is 6.54 Å². The van der Waals surface area contributed by atoms with Crippen LogP contribution in [0.2, 0.25) is 0 Å².